The fraction of sp³-hybridized carbons (Fsp3) is 0.810. The van der Waals surface area contributed by atoms with Crippen molar-refractivity contribution in [2.75, 3.05) is 20.1 Å². The molecule has 0 spiro atoms. The molecule has 0 bridgehead atoms. The fourth-order valence-corrected chi connectivity index (χ4v) is 4.64. The predicted octanol–water partition coefficient (Wildman–Crippen LogP) is 0.355. The van der Waals surface area contributed by atoms with Crippen LogP contribution in [0.1, 0.15) is 64.2 Å². The van der Waals surface area contributed by atoms with E-state index >= 15 is 0 Å². The molecule has 1 heterocycles. The molecule has 1 saturated heterocycles. The highest BCUT2D eigenvalue weighted by molar-refractivity contribution is 5.91. The number of nitrogens with two attached hydrogens (primary N) is 3. The first-order chi connectivity index (χ1) is 14.3. The number of likely N-dealkylation sites (tertiary alicyclic amines) is 1. The molecule has 170 valence electrons. The number of aldehydes is 1. The van der Waals surface area contributed by atoms with Gasteiger partial charge in [-0.3, -0.25) is 14.6 Å². The molecule has 0 aromatic heterocycles. The smallest absolute Gasteiger partial charge is 0.245 e. The largest absolute Gasteiger partial charge is 0.370 e. The summed E-state index contributed by atoms with van der Waals surface area (Å²) in [5, 5.41) is 0. The topological polar surface area (TPSA) is 148 Å². The normalized spacial score (nSPS) is 21.7. The monoisotopic (exact) mass is 422 g/mol. The summed E-state index contributed by atoms with van der Waals surface area (Å²) in [5.41, 5.74) is 16.9. The van der Waals surface area contributed by atoms with Crippen LogP contribution in [-0.4, -0.2) is 72.1 Å². The van der Waals surface area contributed by atoms with Crippen LogP contribution >= 0.6 is 0 Å². The molecule has 6 N–H and O–H groups in total. The average Bonchev–Trinajstić information content (AvgIpc) is 3.22. The minimum absolute atomic E-state index is 0.00626. The number of aliphatic imine (C=N–C) groups is 1. The Balaban J connectivity index is 1.93. The van der Waals surface area contributed by atoms with E-state index in [1.165, 1.54) is 24.2 Å². The van der Waals surface area contributed by atoms with Crippen molar-refractivity contribution in [2.24, 2.45) is 28.1 Å². The molecule has 0 aromatic carbocycles. The molecular formula is C21H38N6O3. The Bertz CT molecular complexity index is 616. The molecule has 0 radical (unpaired) electrons. The molecule has 0 aromatic rings. The van der Waals surface area contributed by atoms with Crippen molar-refractivity contribution in [3.05, 3.63) is 0 Å². The summed E-state index contributed by atoms with van der Waals surface area (Å²) >= 11 is 0. The van der Waals surface area contributed by atoms with Crippen LogP contribution in [0, 0.1) is 5.92 Å². The highest BCUT2D eigenvalue weighted by atomic mass is 16.2. The maximum Gasteiger partial charge on any atom is 0.245 e. The van der Waals surface area contributed by atoms with Gasteiger partial charge in [0.25, 0.3) is 0 Å². The summed E-state index contributed by atoms with van der Waals surface area (Å²) in [6.07, 6.45) is 9.81. The van der Waals surface area contributed by atoms with Gasteiger partial charge in [-0.25, -0.2) is 0 Å². The minimum atomic E-state index is -0.569. The molecule has 2 fully saturated rings. The molecule has 1 saturated carbocycles. The van der Waals surface area contributed by atoms with Crippen LogP contribution in [0.25, 0.3) is 0 Å². The predicted molar refractivity (Wildman–Crippen MR) is 116 cm³/mol. The van der Waals surface area contributed by atoms with Gasteiger partial charge in [0.2, 0.25) is 11.8 Å². The molecule has 2 amide bonds. The van der Waals surface area contributed by atoms with Gasteiger partial charge in [0.1, 0.15) is 12.3 Å². The van der Waals surface area contributed by atoms with Gasteiger partial charge in [0.15, 0.2) is 5.96 Å². The second-order valence-electron chi connectivity index (χ2n) is 8.64. The quantitative estimate of drug-likeness (QED) is 0.200. The highest BCUT2D eigenvalue weighted by Crippen LogP contribution is 2.28. The lowest BCUT2D eigenvalue weighted by molar-refractivity contribution is -0.146. The van der Waals surface area contributed by atoms with Crippen LogP contribution < -0.4 is 17.2 Å². The van der Waals surface area contributed by atoms with Crippen LogP contribution in [0.15, 0.2) is 4.99 Å². The summed E-state index contributed by atoms with van der Waals surface area (Å²) in [4.78, 5) is 44.6. The fourth-order valence-electron chi connectivity index (χ4n) is 4.64. The molecule has 2 aliphatic rings. The first-order valence-electron chi connectivity index (χ1n) is 11.2. The van der Waals surface area contributed by atoms with E-state index in [0.29, 0.717) is 44.7 Å². The molecular weight excluding hydrogens is 384 g/mol. The van der Waals surface area contributed by atoms with Crippen molar-refractivity contribution in [1.82, 2.24) is 9.80 Å². The Morgan fingerprint density at radius 3 is 2.50 bits per heavy atom. The zero-order valence-electron chi connectivity index (χ0n) is 18.2. The van der Waals surface area contributed by atoms with Crippen LogP contribution in [0.4, 0.5) is 0 Å². The number of hydrogen-bond donors (Lipinski definition) is 3. The summed E-state index contributed by atoms with van der Waals surface area (Å²) < 4.78 is 0. The van der Waals surface area contributed by atoms with Crippen molar-refractivity contribution in [2.45, 2.75) is 82.3 Å². The average molecular weight is 423 g/mol. The summed E-state index contributed by atoms with van der Waals surface area (Å²) in [7, 11) is 1.62. The van der Waals surface area contributed by atoms with E-state index in [1.807, 2.05) is 0 Å². The SMILES string of the molecule is CN(C(=O)[C@@H]1CCCN1C(=O)[C@H](N)CC1CCCCC1)[C@H](C=O)CCCN=C(N)N. The van der Waals surface area contributed by atoms with Crippen LogP contribution in [-0.2, 0) is 14.4 Å². The Kier molecular flexibility index (Phi) is 9.55. The van der Waals surface area contributed by atoms with Crippen molar-refractivity contribution in [3.63, 3.8) is 0 Å². The lowest BCUT2D eigenvalue weighted by atomic mass is 9.84. The van der Waals surface area contributed by atoms with Gasteiger partial charge in [-0.05, 0) is 38.0 Å². The van der Waals surface area contributed by atoms with Gasteiger partial charge >= 0.3 is 0 Å². The number of carbonyl (C=O) groups is 3. The Hall–Kier alpha value is -2.16. The maximum absolute atomic E-state index is 13.1. The first kappa shape index (κ1) is 24.1. The van der Waals surface area contributed by atoms with Gasteiger partial charge in [-0.2, -0.15) is 0 Å². The number of rotatable bonds is 10. The minimum Gasteiger partial charge on any atom is -0.370 e. The standard InChI is InChI=1S/C21H38N6O3/c1-26(16(14-28)9-5-11-25-21(23)24)20(30)18-10-6-12-27(18)19(29)17(22)13-15-7-3-2-4-8-15/h14-18H,2-13,22H2,1H3,(H4,23,24,25)/t16-,17+,18-/m0/s1. The van der Waals surface area contributed by atoms with Crippen LogP contribution in [0.2, 0.25) is 0 Å². The third kappa shape index (κ3) is 6.68. The van der Waals surface area contributed by atoms with E-state index in [2.05, 4.69) is 4.99 Å². The van der Waals surface area contributed by atoms with E-state index < -0.39 is 18.1 Å². The number of guanidine groups is 1. The Labute approximate surface area is 179 Å². The summed E-state index contributed by atoms with van der Waals surface area (Å²) in [6.45, 7) is 0.941. The zero-order chi connectivity index (χ0) is 22.1. The van der Waals surface area contributed by atoms with E-state index in [-0.39, 0.29) is 17.8 Å². The first-order valence-corrected chi connectivity index (χ1v) is 11.2. The number of likely N-dealkylation sites (N-methyl/N-ethyl adjacent to an activating group) is 1. The molecule has 9 heteroatoms. The second-order valence-corrected chi connectivity index (χ2v) is 8.64. The van der Waals surface area contributed by atoms with Crippen molar-refractivity contribution in [1.29, 1.82) is 0 Å². The summed E-state index contributed by atoms with van der Waals surface area (Å²) in [5.74, 6) is 0.165. The molecule has 9 nitrogen and oxygen atoms in total. The number of amides is 2. The molecule has 2 rings (SSSR count). The van der Waals surface area contributed by atoms with Crippen molar-refractivity contribution < 1.29 is 14.4 Å². The lowest BCUT2D eigenvalue weighted by Gasteiger charge is -2.33. The van der Waals surface area contributed by atoms with Gasteiger partial charge < -0.3 is 31.8 Å². The van der Waals surface area contributed by atoms with Gasteiger partial charge in [0.05, 0.1) is 12.1 Å². The molecule has 0 unspecified atom stereocenters. The Morgan fingerprint density at radius 2 is 1.87 bits per heavy atom. The van der Waals surface area contributed by atoms with E-state index in [4.69, 9.17) is 17.2 Å². The number of hydrogen-bond acceptors (Lipinski definition) is 5. The van der Waals surface area contributed by atoms with Crippen LogP contribution in [0.3, 0.4) is 0 Å². The number of carbonyl (C=O) groups excluding carboxylic acids is 3. The lowest BCUT2D eigenvalue weighted by Crippen LogP contribution is -2.53. The molecule has 3 atom stereocenters. The number of nitrogens with zero attached hydrogens (tertiary/aromatic N) is 3. The van der Waals surface area contributed by atoms with Gasteiger partial charge in [-0.1, -0.05) is 32.1 Å². The van der Waals surface area contributed by atoms with E-state index in [9.17, 15) is 14.4 Å². The van der Waals surface area contributed by atoms with Gasteiger partial charge in [0, 0.05) is 20.1 Å². The van der Waals surface area contributed by atoms with Gasteiger partial charge in [-0.15, -0.1) is 0 Å². The molecule has 1 aliphatic heterocycles. The van der Waals surface area contributed by atoms with E-state index in [0.717, 1.165) is 25.5 Å². The summed E-state index contributed by atoms with van der Waals surface area (Å²) in [6, 6.07) is -1.67. The zero-order valence-corrected chi connectivity index (χ0v) is 18.2. The van der Waals surface area contributed by atoms with Crippen molar-refractivity contribution >= 4 is 24.1 Å². The van der Waals surface area contributed by atoms with Crippen LogP contribution in [0.5, 0.6) is 0 Å². The Morgan fingerprint density at radius 1 is 1.17 bits per heavy atom. The molecule has 1 aliphatic carbocycles. The van der Waals surface area contributed by atoms with E-state index in [1.54, 1.807) is 11.9 Å². The third-order valence-corrected chi connectivity index (χ3v) is 6.40. The second kappa shape index (κ2) is 11.9. The third-order valence-electron chi connectivity index (χ3n) is 6.40. The van der Waals surface area contributed by atoms with Crippen molar-refractivity contribution in [3.8, 4) is 0 Å². The highest BCUT2D eigenvalue weighted by Gasteiger charge is 2.39. The molecule has 30 heavy (non-hydrogen) atoms. The maximum atomic E-state index is 13.1.